The number of carbonyl (C=O) groups excluding carboxylic acids is 3. The van der Waals surface area contributed by atoms with Crippen molar-refractivity contribution in [1.82, 2.24) is 5.06 Å². The summed E-state index contributed by atoms with van der Waals surface area (Å²) in [6.07, 6.45) is -1.70. The molecule has 1 aromatic rings. The van der Waals surface area contributed by atoms with Gasteiger partial charge in [-0.15, -0.1) is 0 Å². The highest BCUT2D eigenvalue weighted by molar-refractivity contribution is 5.84. The van der Waals surface area contributed by atoms with Crippen molar-refractivity contribution in [3.63, 3.8) is 0 Å². The molecule has 7 heteroatoms. The highest BCUT2D eigenvalue weighted by Crippen LogP contribution is 2.25. The Bertz CT molecular complexity index is 628. The topological polar surface area (TPSA) is 98.9 Å². The monoisotopic (exact) mass is 364 g/mol. The zero-order valence-corrected chi connectivity index (χ0v) is 16.0. The van der Waals surface area contributed by atoms with Gasteiger partial charge in [0.2, 0.25) is 6.10 Å². The summed E-state index contributed by atoms with van der Waals surface area (Å²) in [7, 11) is 0. The van der Waals surface area contributed by atoms with E-state index in [4.69, 9.17) is 15.3 Å². The van der Waals surface area contributed by atoms with Crippen molar-refractivity contribution in [2.75, 3.05) is 0 Å². The Balaban J connectivity index is 3.05. The Morgan fingerprint density at radius 2 is 1.73 bits per heavy atom. The molecule has 0 saturated heterocycles. The molecule has 144 valence electrons. The van der Waals surface area contributed by atoms with E-state index in [0.717, 1.165) is 10.6 Å². The van der Waals surface area contributed by atoms with E-state index >= 15 is 0 Å². The van der Waals surface area contributed by atoms with Crippen LogP contribution in [-0.4, -0.2) is 29.1 Å². The van der Waals surface area contributed by atoms with Crippen LogP contribution in [0, 0.1) is 11.3 Å². The molecule has 2 amide bonds. The molecule has 7 nitrogen and oxygen atoms in total. The minimum atomic E-state index is -1.19. The standard InChI is InChI=1S/C19H28N2O5/c1-6-19(4,5)17(23)21(12-14-10-8-7-9-11-14)26-16(22)15(13(2)3)25-18(20)24/h7-11,13,15H,6,12H2,1-5H3,(H2,20,24)/t15-/m0/s1. The molecule has 26 heavy (non-hydrogen) atoms. The van der Waals surface area contributed by atoms with Gasteiger partial charge in [-0.3, -0.25) is 4.79 Å². The number of nitrogens with zero attached hydrogens (tertiary/aromatic N) is 1. The van der Waals surface area contributed by atoms with E-state index in [1.165, 1.54) is 0 Å². The Kier molecular flexibility index (Phi) is 7.61. The molecular weight excluding hydrogens is 336 g/mol. The number of amides is 2. The van der Waals surface area contributed by atoms with Gasteiger partial charge in [-0.1, -0.05) is 65.0 Å². The van der Waals surface area contributed by atoms with Crippen molar-refractivity contribution in [2.24, 2.45) is 17.1 Å². The fourth-order valence-electron chi connectivity index (χ4n) is 2.13. The largest absolute Gasteiger partial charge is 0.434 e. The second-order valence-corrected chi connectivity index (χ2v) is 7.08. The van der Waals surface area contributed by atoms with Gasteiger partial charge in [0.05, 0.1) is 6.54 Å². The second kappa shape index (κ2) is 9.22. The van der Waals surface area contributed by atoms with Gasteiger partial charge in [0.25, 0.3) is 5.91 Å². The van der Waals surface area contributed by atoms with Gasteiger partial charge in [0.1, 0.15) is 0 Å². The Labute approximate surface area is 154 Å². The van der Waals surface area contributed by atoms with Gasteiger partial charge in [-0.05, 0) is 12.0 Å². The number of ether oxygens (including phenoxy) is 1. The van der Waals surface area contributed by atoms with E-state index < -0.39 is 23.6 Å². The van der Waals surface area contributed by atoms with Crippen molar-refractivity contribution < 1.29 is 24.0 Å². The summed E-state index contributed by atoms with van der Waals surface area (Å²) in [5.41, 5.74) is 5.11. The quantitative estimate of drug-likeness (QED) is 0.750. The predicted octanol–water partition coefficient (Wildman–Crippen LogP) is 3.03. The summed E-state index contributed by atoms with van der Waals surface area (Å²) in [6, 6.07) is 9.17. The second-order valence-electron chi connectivity index (χ2n) is 7.08. The van der Waals surface area contributed by atoms with Crippen LogP contribution in [0.3, 0.4) is 0 Å². The number of primary amides is 1. The maximum atomic E-state index is 12.9. The average Bonchev–Trinajstić information content (AvgIpc) is 2.58. The van der Waals surface area contributed by atoms with Crippen molar-refractivity contribution in [3.05, 3.63) is 35.9 Å². The number of hydroxylamine groups is 2. The molecule has 0 saturated carbocycles. The molecule has 0 aliphatic carbocycles. The number of benzene rings is 1. The molecule has 1 atom stereocenters. The Morgan fingerprint density at radius 3 is 2.19 bits per heavy atom. The summed E-state index contributed by atoms with van der Waals surface area (Å²) in [5.74, 6) is -1.53. The van der Waals surface area contributed by atoms with E-state index in [0.29, 0.717) is 6.42 Å². The summed E-state index contributed by atoms with van der Waals surface area (Å²) in [6.45, 7) is 8.91. The summed E-state index contributed by atoms with van der Waals surface area (Å²) in [4.78, 5) is 41.7. The van der Waals surface area contributed by atoms with E-state index in [2.05, 4.69) is 0 Å². The number of hydrogen-bond donors (Lipinski definition) is 1. The van der Waals surface area contributed by atoms with Crippen molar-refractivity contribution >= 4 is 18.0 Å². The lowest BCUT2D eigenvalue weighted by Crippen LogP contribution is -2.45. The lowest BCUT2D eigenvalue weighted by molar-refractivity contribution is -0.214. The van der Waals surface area contributed by atoms with Crippen LogP contribution in [0.4, 0.5) is 4.79 Å². The lowest BCUT2D eigenvalue weighted by atomic mass is 9.89. The minimum Gasteiger partial charge on any atom is -0.434 e. The fourth-order valence-corrected chi connectivity index (χ4v) is 2.13. The number of hydrogen-bond acceptors (Lipinski definition) is 5. The van der Waals surface area contributed by atoms with Gasteiger partial charge in [-0.25, -0.2) is 9.59 Å². The maximum absolute atomic E-state index is 12.9. The van der Waals surface area contributed by atoms with E-state index in [9.17, 15) is 14.4 Å². The first-order chi connectivity index (χ1) is 12.1. The molecule has 0 unspecified atom stereocenters. The van der Waals surface area contributed by atoms with Gasteiger partial charge >= 0.3 is 12.1 Å². The van der Waals surface area contributed by atoms with Crippen LogP contribution in [0.25, 0.3) is 0 Å². The third-order valence-electron chi connectivity index (χ3n) is 4.14. The third-order valence-corrected chi connectivity index (χ3v) is 4.14. The van der Waals surface area contributed by atoms with Crippen LogP contribution in [0.15, 0.2) is 30.3 Å². The van der Waals surface area contributed by atoms with Crippen LogP contribution in [0.1, 0.15) is 46.6 Å². The highest BCUT2D eigenvalue weighted by atomic mass is 16.7. The average molecular weight is 364 g/mol. The third kappa shape index (κ3) is 6.06. The highest BCUT2D eigenvalue weighted by Gasteiger charge is 2.36. The molecule has 0 aliphatic heterocycles. The zero-order chi connectivity index (χ0) is 19.9. The summed E-state index contributed by atoms with van der Waals surface area (Å²) in [5, 5.41) is 1.03. The van der Waals surface area contributed by atoms with Crippen LogP contribution in [0.2, 0.25) is 0 Å². The van der Waals surface area contributed by atoms with E-state index in [-0.39, 0.29) is 18.4 Å². The predicted molar refractivity (Wildman–Crippen MR) is 96.5 cm³/mol. The van der Waals surface area contributed by atoms with Crippen molar-refractivity contribution in [1.29, 1.82) is 0 Å². The van der Waals surface area contributed by atoms with Gasteiger partial charge in [-0.2, -0.15) is 5.06 Å². The lowest BCUT2D eigenvalue weighted by Gasteiger charge is -2.31. The molecule has 0 aliphatic rings. The van der Waals surface area contributed by atoms with Gasteiger partial charge in [0, 0.05) is 11.3 Å². The molecule has 0 fully saturated rings. The molecule has 1 rings (SSSR count). The van der Waals surface area contributed by atoms with Crippen LogP contribution >= 0.6 is 0 Å². The fraction of sp³-hybridized carbons (Fsp3) is 0.526. The molecule has 0 bridgehead atoms. The first-order valence-corrected chi connectivity index (χ1v) is 8.62. The molecule has 2 N–H and O–H groups in total. The van der Waals surface area contributed by atoms with Gasteiger partial charge in [0.15, 0.2) is 0 Å². The normalized spacial score (nSPS) is 12.4. The smallest absolute Gasteiger partial charge is 0.405 e. The molecule has 0 heterocycles. The summed E-state index contributed by atoms with van der Waals surface area (Å²) >= 11 is 0. The Morgan fingerprint density at radius 1 is 1.15 bits per heavy atom. The zero-order valence-electron chi connectivity index (χ0n) is 16.0. The maximum Gasteiger partial charge on any atom is 0.405 e. The van der Waals surface area contributed by atoms with Crippen molar-refractivity contribution in [3.8, 4) is 0 Å². The number of rotatable bonds is 7. The minimum absolute atomic E-state index is 0.0935. The van der Waals surface area contributed by atoms with Crippen LogP contribution < -0.4 is 5.73 Å². The molecule has 0 radical (unpaired) electrons. The summed E-state index contributed by atoms with van der Waals surface area (Å²) < 4.78 is 4.84. The van der Waals surface area contributed by atoms with E-state index in [1.807, 2.05) is 37.3 Å². The number of nitrogens with two attached hydrogens (primary N) is 1. The van der Waals surface area contributed by atoms with Crippen LogP contribution in [-0.2, 0) is 25.7 Å². The van der Waals surface area contributed by atoms with E-state index in [1.54, 1.807) is 27.7 Å². The Hall–Kier alpha value is -2.57. The first kappa shape index (κ1) is 21.5. The molecular formula is C19H28N2O5. The number of carbonyl (C=O) groups is 3. The van der Waals surface area contributed by atoms with Gasteiger partial charge < -0.3 is 15.3 Å². The van der Waals surface area contributed by atoms with Crippen molar-refractivity contribution in [2.45, 2.75) is 53.7 Å². The van der Waals surface area contributed by atoms with Crippen LogP contribution in [0.5, 0.6) is 0 Å². The SMILES string of the molecule is CCC(C)(C)C(=O)N(Cc1ccccc1)OC(=O)[C@@H](OC(N)=O)C(C)C. The first-order valence-electron chi connectivity index (χ1n) is 8.62. The molecule has 0 aromatic heterocycles. The molecule has 0 spiro atoms. The molecule has 1 aromatic carbocycles.